The van der Waals surface area contributed by atoms with E-state index in [4.69, 9.17) is 32.7 Å². The summed E-state index contributed by atoms with van der Waals surface area (Å²) in [4.78, 5) is 30.0. The molecule has 0 unspecified atom stereocenters. The Labute approximate surface area is 292 Å². The van der Waals surface area contributed by atoms with Gasteiger partial charge in [-0.25, -0.2) is 8.42 Å². The number of amides is 2. The Morgan fingerprint density at radius 2 is 1.50 bits per heavy atom. The SMILES string of the molecule is CC[C@H](C)NC(=O)[C@H](Cc1ccccc1)N(Cc1ccc(Cl)c(Cl)c1)C(=O)CN(c1ccccc1OC)S(=O)(=O)c1ccc(OC)cc1. The lowest BCUT2D eigenvalue weighted by Gasteiger charge is -2.34. The predicted molar refractivity (Wildman–Crippen MR) is 189 cm³/mol. The van der Waals surface area contributed by atoms with Crippen molar-refractivity contribution in [3.63, 3.8) is 0 Å². The van der Waals surface area contributed by atoms with E-state index in [1.165, 1.54) is 43.4 Å². The number of anilines is 1. The molecular weight excluding hydrogens is 673 g/mol. The van der Waals surface area contributed by atoms with Crippen LogP contribution < -0.4 is 19.1 Å². The van der Waals surface area contributed by atoms with Crippen molar-refractivity contribution in [1.29, 1.82) is 0 Å². The summed E-state index contributed by atoms with van der Waals surface area (Å²) in [5.41, 5.74) is 1.58. The number of ether oxygens (including phenoxy) is 2. The van der Waals surface area contributed by atoms with Crippen molar-refractivity contribution >= 4 is 50.7 Å². The highest BCUT2D eigenvalue weighted by molar-refractivity contribution is 7.92. The summed E-state index contributed by atoms with van der Waals surface area (Å²) in [5, 5.41) is 3.63. The van der Waals surface area contributed by atoms with Crippen molar-refractivity contribution in [1.82, 2.24) is 10.2 Å². The minimum absolute atomic E-state index is 0.0521. The second-order valence-electron chi connectivity index (χ2n) is 11.2. The van der Waals surface area contributed by atoms with Gasteiger partial charge in [0.25, 0.3) is 10.0 Å². The Morgan fingerprint density at radius 3 is 2.12 bits per heavy atom. The standard InChI is InChI=1S/C36H39Cl2N3O6S/c1-5-25(2)39-36(43)33(22-26-11-7-6-8-12-26)40(23-27-15-20-30(37)31(38)21-27)35(42)24-41(32-13-9-10-14-34(32)47-4)48(44,45)29-18-16-28(46-3)17-19-29/h6-21,25,33H,5,22-24H2,1-4H3,(H,39,43)/t25-,33-/m0/s1. The van der Waals surface area contributed by atoms with Crippen molar-refractivity contribution in [3.05, 3.63) is 118 Å². The Morgan fingerprint density at radius 1 is 0.833 bits per heavy atom. The molecule has 0 bridgehead atoms. The molecule has 0 aliphatic carbocycles. The van der Waals surface area contributed by atoms with Gasteiger partial charge in [-0.15, -0.1) is 0 Å². The molecule has 2 atom stereocenters. The molecule has 12 heteroatoms. The summed E-state index contributed by atoms with van der Waals surface area (Å²) >= 11 is 12.6. The predicted octanol–water partition coefficient (Wildman–Crippen LogP) is 6.76. The number of nitrogens with one attached hydrogen (secondary N) is 1. The number of rotatable bonds is 15. The first kappa shape index (κ1) is 36.6. The minimum atomic E-state index is -4.34. The highest BCUT2D eigenvalue weighted by atomic mass is 35.5. The number of hydrogen-bond donors (Lipinski definition) is 1. The molecular formula is C36H39Cl2N3O6S. The number of benzene rings is 4. The molecule has 0 aromatic heterocycles. The van der Waals surface area contributed by atoms with E-state index < -0.39 is 28.5 Å². The molecule has 0 aliphatic heterocycles. The Hall–Kier alpha value is -4.25. The monoisotopic (exact) mass is 711 g/mol. The molecule has 4 rings (SSSR count). The molecule has 254 valence electrons. The van der Waals surface area contributed by atoms with Crippen molar-refractivity contribution in [2.24, 2.45) is 0 Å². The van der Waals surface area contributed by atoms with Crippen LogP contribution in [-0.4, -0.2) is 58.0 Å². The summed E-state index contributed by atoms with van der Waals surface area (Å²) < 4.78 is 40.4. The average molecular weight is 713 g/mol. The molecule has 0 aliphatic rings. The van der Waals surface area contributed by atoms with Crippen LogP contribution in [0.15, 0.2) is 102 Å². The Kier molecular flexibility index (Phi) is 12.7. The largest absolute Gasteiger partial charge is 0.497 e. The van der Waals surface area contributed by atoms with Gasteiger partial charge in [-0.2, -0.15) is 0 Å². The lowest BCUT2D eigenvalue weighted by Crippen LogP contribution is -2.54. The number of sulfonamides is 1. The maximum absolute atomic E-state index is 14.7. The van der Waals surface area contributed by atoms with Crippen molar-refractivity contribution < 1.29 is 27.5 Å². The first-order chi connectivity index (χ1) is 23.0. The van der Waals surface area contributed by atoms with Gasteiger partial charge in [0.1, 0.15) is 24.1 Å². The van der Waals surface area contributed by atoms with Gasteiger partial charge < -0.3 is 19.7 Å². The summed E-state index contributed by atoms with van der Waals surface area (Å²) in [6, 6.07) is 25.5. The lowest BCUT2D eigenvalue weighted by atomic mass is 10.0. The van der Waals surface area contributed by atoms with Gasteiger partial charge in [-0.3, -0.25) is 13.9 Å². The van der Waals surface area contributed by atoms with E-state index in [9.17, 15) is 18.0 Å². The van der Waals surface area contributed by atoms with Crippen LogP contribution in [0.4, 0.5) is 5.69 Å². The fourth-order valence-electron chi connectivity index (χ4n) is 5.05. The normalized spacial score (nSPS) is 12.5. The van der Waals surface area contributed by atoms with Gasteiger partial charge in [-0.1, -0.05) is 78.7 Å². The maximum atomic E-state index is 14.7. The summed E-state index contributed by atoms with van der Waals surface area (Å²) in [6.45, 7) is 3.14. The van der Waals surface area contributed by atoms with E-state index in [2.05, 4.69) is 5.32 Å². The number of para-hydroxylation sites is 2. The molecule has 1 N–H and O–H groups in total. The highest BCUT2D eigenvalue weighted by Crippen LogP contribution is 2.33. The molecule has 0 radical (unpaired) electrons. The lowest BCUT2D eigenvalue weighted by molar-refractivity contribution is -0.140. The van der Waals surface area contributed by atoms with E-state index in [-0.39, 0.29) is 46.3 Å². The van der Waals surface area contributed by atoms with Crippen LogP contribution in [0.25, 0.3) is 0 Å². The van der Waals surface area contributed by atoms with Crippen LogP contribution in [0.5, 0.6) is 11.5 Å². The molecule has 0 saturated carbocycles. The average Bonchev–Trinajstić information content (AvgIpc) is 3.10. The smallest absolute Gasteiger partial charge is 0.264 e. The van der Waals surface area contributed by atoms with Crippen LogP contribution in [0.2, 0.25) is 10.0 Å². The van der Waals surface area contributed by atoms with Gasteiger partial charge in [0.2, 0.25) is 11.8 Å². The van der Waals surface area contributed by atoms with E-state index in [1.807, 2.05) is 44.2 Å². The number of halogens is 2. The molecule has 0 spiro atoms. The highest BCUT2D eigenvalue weighted by Gasteiger charge is 2.36. The quantitative estimate of drug-likeness (QED) is 0.146. The first-order valence-electron chi connectivity index (χ1n) is 15.4. The molecule has 0 fully saturated rings. The molecule has 0 heterocycles. The third kappa shape index (κ3) is 9.00. The van der Waals surface area contributed by atoms with Gasteiger partial charge in [0.05, 0.1) is 34.8 Å². The molecule has 2 amide bonds. The van der Waals surface area contributed by atoms with Crippen LogP contribution in [0, 0.1) is 0 Å². The van der Waals surface area contributed by atoms with Gasteiger partial charge in [0.15, 0.2) is 0 Å². The Bertz CT molecular complexity index is 1810. The van der Waals surface area contributed by atoms with Crippen LogP contribution in [0.1, 0.15) is 31.4 Å². The molecule has 9 nitrogen and oxygen atoms in total. The number of nitrogens with zero attached hydrogens (tertiary/aromatic N) is 2. The fraction of sp³-hybridized carbons (Fsp3) is 0.278. The fourth-order valence-corrected chi connectivity index (χ4v) is 6.80. The summed E-state index contributed by atoms with van der Waals surface area (Å²) in [7, 11) is -1.44. The zero-order chi connectivity index (χ0) is 34.8. The van der Waals surface area contributed by atoms with Crippen LogP contribution in [0.3, 0.4) is 0 Å². The van der Waals surface area contributed by atoms with Crippen LogP contribution in [-0.2, 0) is 32.6 Å². The van der Waals surface area contributed by atoms with Gasteiger partial charge >= 0.3 is 0 Å². The van der Waals surface area contributed by atoms with Gasteiger partial charge in [-0.05, 0) is 73.0 Å². The molecule has 48 heavy (non-hydrogen) atoms. The van der Waals surface area contributed by atoms with E-state index >= 15 is 0 Å². The molecule has 4 aromatic carbocycles. The van der Waals surface area contributed by atoms with Crippen molar-refractivity contribution in [3.8, 4) is 11.5 Å². The zero-order valence-corrected chi connectivity index (χ0v) is 29.6. The van der Waals surface area contributed by atoms with Crippen LogP contribution >= 0.6 is 23.2 Å². The third-order valence-corrected chi connectivity index (χ3v) is 10.4. The maximum Gasteiger partial charge on any atom is 0.264 e. The van der Waals surface area contributed by atoms with Crippen molar-refractivity contribution in [2.75, 3.05) is 25.1 Å². The number of carbonyl (C=O) groups is 2. The number of methoxy groups -OCH3 is 2. The topological polar surface area (TPSA) is 105 Å². The third-order valence-electron chi connectivity index (χ3n) is 7.89. The van der Waals surface area contributed by atoms with E-state index in [1.54, 1.807) is 42.5 Å². The van der Waals surface area contributed by atoms with Gasteiger partial charge in [0, 0.05) is 19.0 Å². The minimum Gasteiger partial charge on any atom is -0.497 e. The molecule has 4 aromatic rings. The Balaban J connectivity index is 1.85. The second-order valence-corrected chi connectivity index (χ2v) is 13.8. The van der Waals surface area contributed by atoms with Crippen molar-refractivity contribution in [2.45, 2.75) is 50.2 Å². The number of hydrogen-bond acceptors (Lipinski definition) is 6. The zero-order valence-electron chi connectivity index (χ0n) is 27.2. The van der Waals surface area contributed by atoms with E-state index in [0.29, 0.717) is 22.8 Å². The summed E-state index contributed by atoms with van der Waals surface area (Å²) in [5.74, 6) is -0.278. The molecule has 0 saturated heterocycles. The van der Waals surface area contributed by atoms with E-state index in [0.717, 1.165) is 9.87 Å². The number of carbonyl (C=O) groups excluding carboxylic acids is 2. The second kappa shape index (κ2) is 16.7. The summed E-state index contributed by atoms with van der Waals surface area (Å²) in [6.07, 6.45) is 0.849. The first-order valence-corrected chi connectivity index (χ1v) is 17.6.